The minimum atomic E-state index is -0.867. The Morgan fingerprint density at radius 3 is 2.79 bits per heavy atom. The molecule has 0 saturated heterocycles. The molecule has 1 aliphatic heterocycles. The number of halogens is 2. The van der Waals surface area contributed by atoms with E-state index in [2.05, 4.69) is 26.0 Å². The van der Waals surface area contributed by atoms with Gasteiger partial charge in [0.2, 0.25) is 0 Å². The van der Waals surface area contributed by atoms with Crippen molar-refractivity contribution in [3.8, 4) is 17.3 Å². The molecule has 0 saturated carbocycles. The molecular weight excluding hydrogens is 501 g/mol. The fourth-order valence-corrected chi connectivity index (χ4v) is 4.85. The van der Waals surface area contributed by atoms with Crippen molar-refractivity contribution in [2.45, 2.75) is 38.5 Å². The third-order valence-corrected chi connectivity index (χ3v) is 6.95. The van der Waals surface area contributed by atoms with Crippen LogP contribution in [0.25, 0.3) is 11.3 Å². The Hall–Kier alpha value is -4.28. The highest BCUT2D eigenvalue weighted by Crippen LogP contribution is 2.35. The van der Waals surface area contributed by atoms with Gasteiger partial charge in [-0.15, -0.1) is 0 Å². The van der Waals surface area contributed by atoms with E-state index < -0.39 is 11.2 Å². The third-order valence-electron chi connectivity index (χ3n) is 6.62. The minimum Gasteiger partial charge on any atom is -0.294 e. The number of pyridine rings is 1. The lowest BCUT2D eigenvalue weighted by Crippen LogP contribution is -2.16. The molecule has 0 fully saturated rings. The van der Waals surface area contributed by atoms with Crippen molar-refractivity contribution in [3.05, 3.63) is 106 Å². The van der Waals surface area contributed by atoms with Gasteiger partial charge in [0, 0.05) is 47.8 Å². The summed E-state index contributed by atoms with van der Waals surface area (Å²) in [4.78, 5) is 30.9. The Bertz CT molecular complexity index is 1640. The van der Waals surface area contributed by atoms with E-state index in [-0.39, 0.29) is 17.8 Å². The topological polar surface area (TPSA) is 91.9 Å². The van der Waals surface area contributed by atoms with Crippen LogP contribution in [0.4, 0.5) is 10.1 Å². The molecule has 2 aromatic carbocycles. The number of benzene rings is 2. The van der Waals surface area contributed by atoms with E-state index in [9.17, 15) is 14.4 Å². The molecule has 0 N–H and O–H groups in total. The fourth-order valence-electron chi connectivity index (χ4n) is 4.50. The number of hydrogen-bond acceptors (Lipinski definition) is 6. The highest BCUT2D eigenvalue weighted by molar-refractivity contribution is 6.31. The quantitative estimate of drug-likeness (QED) is 0.261. The van der Waals surface area contributed by atoms with Gasteiger partial charge in [-0.05, 0) is 66.9 Å². The van der Waals surface area contributed by atoms with E-state index in [1.54, 1.807) is 50.4 Å². The SMILES string of the molecule is CC(C)(C#N)c1cc(C(=O)Cc2cc(Cc3ncccc3-c3ncnc4c3N=CC4)ccc2F)ccc1Cl. The van der Waals surface area contributed by atoms with Crippen molar-refractivity contribution in [2.75, 3.05) is 0 Å². The maximum absolute atomic E-state index is 14.8. The van der Waals surface area contributed by atoms with E-state index in [0.29, 0.717) is 34.7 Å². The van der Waals surface area contributed by atoms with Gasteiger partial charge in [0.15, 0.2) is 5.78 Å². The number of aliphatic imine (C=N–C) groups is 1. The summed E-state index contributed by atoms with van der Waals surface area (Å²) < 4.78 is 14.8. The van der Waals surface area contributed by atoms with Crippen molar-refractivity contribution in [1.29, 1.82) is 5.26 Å². The monoisotopic (exact) mass is 523 g/mol. The molecule has 0 amide bonds. The molecule has 0 spiro atoms. The molecule has 5 rings (SSSR count). The van der Waals surface area contributed by atoms with Gasteiger partial charge in [0.1, 0.15) is 23.5 Å². The molecule has 0 aliphatic carbocycles. The molecule has 6 nitrogen and oxygen atoms in total. The molecule has 1 aliphatic rings. The van der Waals surface area contributed by atoms with E-state index in [4.69, 9.17) is 11.6 Å². The Kier molecular flexibility index (Phi) is 6.83. The number of nitriles is 1. The van der Waals surface area contributed by atoms with Gasteiger partial charge in [-0.2, -0.15) is 5.26 Å². The first-order valence-electron chi connectivity index (χ1n) is 12.1. The van der Waals surface area contributed by atoms with Crippen LogP contribution in [0.2, 0.25) is 5.02 Å². The first kappa shape index (κ1) is 25.4. The summed E-state index contributed by atoms with van der Waals surface area (Å²) in [6.07, 6.45) is 6.00. The summed E-state index contributed by atoms with van der Waals surface area (Å²) >= 11 is 6.29. The van der Waals surface area contributed by atoms with Crippen molar-refractivity contribution in [2.24, 2.45) is 4.99 Å². The van der Waals surface area contributed by atoms with Crippen molar-refractivity contribution < 1.29 is 9.18 Å². The smallest absolute Gasteiger partial charge is 0.167 e. The number of rotatable bonds is 7. The van der Waals surface area contributed by atoms with Crippen LogP contribution in [0, 0.1) is 17.1 Å². The molecular formula is C30H23ClFN5O. The average Bonchev–Trinajstić information content (AvgIpc) is 3.40. The second-order valence-corrected chi connectivity index (χ2v) is 10.1. The molecule has 3 heterocycles. The number of hydrogen-bond donors (Lipinski definition) is 0. The van der Waals surface area contributed by atoms with Crippen molar-refractivity contribution in [3.63, 3.8) is 0 Å². The van der Waals surface area contributed by atoms with E-state index >= 15 is 0 Å². The second kappa shape index (κ2) is 10.2. The molecule has 0 unspecified atom stereocenters. The van der Waals surface area contributed by atoms with Gasteiger partial charge in [-0.25, -0.2) is 14.4 Å². The first-order chi connectivity index (χ1) is 18.3. The average molecular weight is 524 g/mol. The van der Waals surface area contributed by atoms with Crippen molar-refractivity contribution in [1.82, 2.24) is 15.0 Å². The molecule has 2 aromatic heterocycles. The fraction of sp³-hybridized carbons (Fsp3) is 0.200. The van der Waals surface area contributed by atoms with E-state index in [1.807, 2.05) is 18.3 Å². The van der Waals surface area contributed by atoms with Crippen LogP contribution in [0.5, 0.6) is 0 Å². The summed E-state index contributed by atoms with van der Waals surface area (Å²) in [5, 5.41) is 9.91. The van der Waals surface area contributed by atoms with Crippen LogP contribution < -0.4 is 0 Å². The zero-order valence-corrected chi connectivity index (χ0v) is 21.6. The third kappa shape index (κ3) is 4.96. The van der Waals surface area contributed by atoms with Crippen LogP contribution in [-0.2, 0) is 24.7 Å². The number of fused-ring (bicyclic) bond motifs is 1. The Morgan fingerprint density at radius 2 is 1.97 bits per heavy atom. The molecule has 0 radical (unpaired) electrons. The van der Waals surface area contributed by atoms with Gasteiger partial charge < -0.3 is 0 Å². The van der Waals surface area contributed by atoms with E-state index in [0.717, 1.165) is 28.2 Å². The van der Waals surface area contributed by atoms with E-state index in [1.165, 1.54) is 12.4 Å². The second-order valence-electron chi connectivity index (χ2n) is 9.66. The molecule has 38 heavy (non-hydrogen) atoms. The zero-order valence-electron chi connectivity index (χ0n) is 20.9. The summed E-state index contributed by atoms with van der Waals surface area (Å²) in [6.45, 7) is 3.47. The lowest BCUT2D eigenvalue weighted by molar-refractivity contribution is 0.0991. The number of Topliss-reactive ketones (excluding diaryl/α,β-unsaturated/α-hetero) is 1. The normalized spacial score (nSPS) is 12.3. The number of carbonyl (C=O) groups excluding carboxylic acids is 1. The number of ketones is 1. The minimum absolute atomic E-state index is 0.128. The highest BCUT2D eigenvalue weighted by Gasteiger charge is 2.24. The summed E-state index contributed by atoms with van der Waals surface area (Å²) in [6, 6.07) is 15.6. The molecule has 0 bridgehead atoms. The van der Waals surface area contributed by atoms with Crippen LogP contribution >= 0.6 is 11.6 Å². The number of aromatic nitrogens is 3. The predicted molar refractivity (Wildman–Crippen MR) is 144 cm³/mol. The lowest BCUT2D eigenvalue weighted by atomic mass is 9.84. The van der Waals surface area contributed by atoms with Gasteiger partial charge >= 0.3 is 0 Å². The Balaban J connectivity index is 1.42. The maximum atomic E-state index is 14.8. The van der Waals surface area contributed by atoms with Crippen LogP contribution in [-0.4, -0.2) is 26.9 Å². The highest BCUT2D eigenvalue weighted by atomic mass is 35.5. The first-order valence-corrected chi connectivity index (χ1v) is 12.5. The van der Waals surface area contributed by atoms with Gasteiger partial charge in [-0.3, -0.25) is 14.8 Å². The largest absolute Gasteiger partial charge is 0.294 e. The molecule has 8 heteroatoms. The van der Waals surface area contributed by atoms with Crippen LogP contribution in [0.1, 0.15) is 52.3 Å². The van der Waals surface area contributed by atoms with Crippen LogP contribution in [0.15, 0.2) is 66.0 Å². The summed E-state index contributed by atoms with van der Waals surface area (Å²) in [5.41, 5.74) is 5.09. The standard InChI is InChI=1S/C30H23ClFN5O/c1-30(2,16-33)22-14-19(6-7-23(22)31)27(38)15-20-12-18(5-8-24(20)32)13-26-21(4-3-10-34-26)28-29-25(9-11-35-29)36-17-37-28/h3-8,10-12,14,17H,9,13,15H2,1-2H3. The van der Waals surface area contributed by atoms with Crippen LogP contribution in [0.3, 0.4) is 0 Å². The van der Waals surface area contributed by atoms with Gasteiger partial charge in [-0.1, -0.05) is 23.7 Å². The van der Waals surface area contributed by atoms with Gasteiger partial charge in [0.05, 0.1) is 22.9 Å². The zero-order chi connectivity index (χ0) is 26.9. The maximum Gasteiger partial charge on any atom is 0.167 e. The number of carbonyl (C=O) groups is 1. The lowest BCUT2D eigenvalue weighted by Gasteiger charge is -2.18. The number of nitrogens with zero attached hydrogens (tertiary/aromatic N) is 5. The summed E-state index contributed by atoms with van der Waals surface area (Å²) in [5.74, 6) is -0.724. The molecule has 4 aromatic rings. The molecule has 188 valence electrons. The predicted octanol–water partition coefficient (Wildman–Crippen LogP) is 6.41. The van der Waals surface area contributed by atoms with Gasteiger partial charge in [0.25, 0.3) is 0 Å². The Labute approximate surface area is 224 Å². The summed E-state index contributed by atoms with van der Waals surface area (Å²) in [7, 11) is 0. The molecule has 0 atom stereocenters. The van der Waals surface area contributed by atoms with Crippen molar-refractivity contribution >= 4 is 29.3 Å². The Morgan fingerprint density at radius 1 is 1.13 bits per heavy atom.